The average molecular weight is 234 g/mol. The number of carbonyl (C=O) groups is 1. The van der Waals surface area contributed by atoms with Crippen molar-refractivity contribution < 1.29 is 4.79 Å². The number of hydrogen-bond acceptors (Lipinski definition) is 2. The van der Waals surface area contributed by atoms with E-state index in [2.05, 4.69) is 38.1 Å². The van der Waals surface area contributed by atoms with Crippen molar-refractivity contribution in [1.29, 1.82) is 0 Å². The van der Waals surface area contributed by atoms with Gasteiger partial charge < -0.3 is 4.79 Å². The van der Waals surface area contributed by atoms with Gasteiger partial charge in [0, 0.05) is 10.8 Å². The van der Waals surface area contributed by atoms with Gasteiger partial charge in [0.15, 0.2) is 0 Å². The molecular weight excluding hydrogens is 216 g/mol. The molecule has 86 valence electrons. The Kier molecular flexibility index (Phi) is 3.38. The first-order chi connectivity index (χ1) is 7.66. The molecule has 2 heteroatoms. The van der Waals surface area contributed by atoms with Gasteiger partial charge in [-0.1, -0.05) is 32.0 Å². The molecule has 0 bridgehead atoms. The highest BCUT2D eigenvalue weighted by Crippen LogP contribution is 2.59. The summed E-state index contributed by atoms with van der Waals surface area (Å²) < 4.78 is 0. The maximum Gasteiger partial charge on any atom is 0.123 e. The van der Waals surface area contributed by atoms with Gasteiger partial charge in [-0.3, -0.25) is 0 Å². The van der Waals surface area contributed by atoms with Crippen LogP contribution in [0.4, 0.5) is 0 Å². The van der Waals surface area contributed by atoms with Crippen LogP contribution in [0.5, 0.6) is 0 Å². The lowest BCUT2D eigenvalue weighted by molar-refractivity contribution is -0.109. The molecule has 0 unspecified atom stereocenters. The molecule has 0 spiro atoms. The zero-order valence-corrected chi connectivity index (χ0v) is 10.7. The van der Waals surface area contributed by atoms with Crippen LogP contribution in [0.25, 0.3) is 0 Å². The van der Waals surface area contributed by atoms with Crippen molar-refractivity contribution in [1.82, 2.24) is 0 Å². The van der Waals surface area contributed by atoms with E-state index in [0.717, 1.165) is 18.5 Å². The van der Waals surface area contributed by atoms with Crippen LogP contribution in [0.1, 0.15) is 20.3 Å². The van der Waals surface area contributed by atoms with Crippen LogP contribution in [-0.4, -0.2) is 12.0 Å². The van der Waals surface area contributed by atoms with Crippen molar-refractivity contribution in [3.63, 3.8) is 0 Å². The Balaban J connectivity index is 1.76. The van der Waals surface area contributed by atoms with E-state index in [9.17, 15) is 4.79 Å². The van der Waals surface area contributed by atoms with Crippen molar-refractivity contribution >= 4 is 18.0 Å². The van der Waals surface area contributed by atoms with E-state index in [4.69, 9.17) is 0 Å². The number of benzene rings is 1. The van der Waals surface area contributed by atoms with Crippen molar-refractivity contribution in [2.75, 3.05) is 5.75 Å². The topological polar surface area (TPSA) is 17.1 Å². The molecule has 1 fully saturated rings. The Morgan fingerprint density at radius 1 is 1.31 bits per heavy atom. The first-order valence-corrected chi connectivity index (χ1v) is 6.78. The van der Waals surface area contributed by atoms with Crippen molar-refractivity contribution in [3.8, 4) is 0 Å². The van der Waals surface area contributed by atoms with Gasteiger partial charge in [0.25, 0.3) is 0 Å². The predicted octanol–water partition coefficient (Wildman–Crippen LogP) is 3.64. The molecular formula is C14H18OS. The standard InChI is InChI=1S/C14H18OS/c1-14(2)12(13(14)10-15)8-9-16-11-6-4-3-5-7-11/h3-7,10,12-13H,8-9H2,1-2H3/t12-,13+/m1/s1. The molecule has 16 heavy (non-hydrogen) atoms. The number of aldehydes is 1. The minimum atomic E-state index is 0.249. The molecule has 0 amide bonds. The highest BCUT2D eigenvalue weighted by atomic mass is 32.2. The summed E-state index contributed by atoms with van der Waals surface area (Å²) in [7, 11) is 0. The summed E-state index contributed by atoms with van der Waals surface area (Å²) in [4.78, 5) is 12.1. The molecule has 1 aliphatic carbocycles. The molecule has 1 aromatic rings. The van der Waals surface area contributed by atoms with E-state index in [0.29, 0.717) is 11.8 Å². The Labute approximate surface area is 102 Å². The van der Waals surface area contributed by atoms with E-state index >= 15 is 0 Å². The smallest absolute Gasteiger partial charge is 0.123 e. The highest BCUT2D eigenvalue weighted by Gasteiger charge is 2.56. The monoisotopic (exact) mass is 234 g/mol. The highest BCUT2D eigenvalue weighted by molar-refractivity contribution is 7.99. The summed E-state index contributed by atoms with van der Waals surface area (Å²) in [5.74, 6) is 2.01. The summed E-state index contributed by atoms with van der Waals surface area (Å²) >= 11 is 1.89. The quantitative estimate of drug-likeness (QED) is 0.571. The average Bonchev–Trinajstić information content (AvgIpc) is 2.81. The molecule has 2 rings (SSSR count). The minimum absolute atomic E-state index is 0.249. The van der Waals surface area contributed by atoms with Crippen LogP contribution in [0.3, 0.4) is 0 Å². The summed E-state index contributed by atoms with van der Waals surface area (Å²) in [6, 6.07) is 10.4. The SMILES string of the molecule is CC1(C)[C@H](CCSc2ccccc2)[C@@H]1C=O. The molecule has 0 heterocycles. The molecule has 1 saturated carbocycles. The van der Waals surface area contributed by atoms with Crippen LogP contribution in [0.15, 0.2) is 35.2 Å². The zero-order chi connectivity index (χ0) is 11.6. The van der Waals surface area contributed by atoms with E-state index in [1.54, 1.807) is 0 Å². The van der Waals surface area contributed by atoms with Crippen LogP contribution >= 0.6 is 11.8 Å². The summed E-state index contributed by atoms with van der Waals surface area (Å²) in [6.45, 7) is 4.40. The van der Waals surface area contributed by atoms with Crippen molar-refractivity contribution in [2.24, 2.45) is 17.3 Å². The summed E-state index contributed by atoms with van der Waals surface area (Å²) in [6.07, 6.45) is 2.29. The molecule has 1 aliphatic rings. The molecule has 1 nitrogen and oxygen atoms in total. The van der Waals surface area contributed by atoms with Crippen LogP contribution in [0.2, 0.25) is 0 Å². The third-order valence-corrected chi connectivity index (χ3v) is 4.77. The Bertz CT molecular complexity index is 358. The lowest BCUT2D eigenvalue weighted by Crippen LogP contribution is -1.92. The van der Waals surface area contributed by atoms with E-state index in [-0.39, 0.29) is 5.41 Å². The molecule has 2 atom stereocenters. The zero-order valence-electron chi connectivity index (χ0n) is 9.85. The fourth-order valence-electron chi connectivity index (χ4n) is 2.43. The summed E-state index contributed by atoms with van der Waals surface area (Å²) in [5, 5.41) is 0. The van der Waals surface area contributed by atoms with Gasteiger partial charge in [0.1, 0.15) is 6.29 Å². The summed E-state index contributed by atoms with van der Waals surface area (Å²) in [5.41, 5.74) is 0.249. The molecule has 0 aromatic heterocycles. The second-order valence-corrected chi connectivity index (χ2v) is 6.21. The van der Waals surface area contributed by atoms with Crippen molar-refractivity contribution in [2.45, 2.75) is 25.2 Å². The van der Waals surface area contributed by atoms with Gasteiger partial charge in [-0.05, 0) is 35.6 Å². The maximum atomic E-state index is 10.8. The second kappa shape index (κ2) is 4.62. The predicted molar refractivity (Wildman–Crippen MR) is 68.6 cm³/mol. The molecule has 1 aromatic carbocycles. The lowest BCUT2D eigenvalue weighted by atomic mass is 10.1. The van der Waals surface area contributed by atoms with Gasteiger partial charge in [0.2, 0.25) is 0 Å². The van der Waals surface area contributed by atoms with Gasteiger partial charge >= 0.3 is 0 Å². The molecule has 0 aliphatic heterocycles. The normalized spacial score (nSPS) is 26.4. The van der Waals surface area contributed by atoms with E-state index in [1.807, 2.05) is 17.8 Å². The van der Waals surface area contributed by atoms with E-state index in [1.165, 1.54) is 4.90 Å². The minimum Gasteiger partial charge on any atom is -0.303 e. The first kappa shape index (κ1) is 11.7. The Hall–Kier alpha value is -0.760. The van der Waals surface area contributed by atoms with Crippen LogP contribution < -0.4 is 0 Å². The largest absolute Gasteiger partial charge is 0.303 e. The van der Waals surface area contributed by atoms with Gasteiger partial charge in [-0.15, -0.1) is 11.8 Å². The van der Waals surface area contributed by atoms with Gasteiger partial charge in [0.05, 0.1) is 0 Å². The maximum absolute atomic E-state index is 10.8. The van der Waals surface area contributed by atoms with Crippen molar-refractivity contribution in [3.05, 3.63) is 30.3 Å². The molecule has 0 saturated heterocycles. The second-order valence-electron chi connectivity index (χ2n) is 5.04. The number of rotatable bonds is 5. The van der Waals surface area contributed by atoms with E-state index < -0.39 is 0 Å². The third-order valence-electron chi connectivity index (χ3n) is 3.73. The van der Waals surface area contributed by atoms with Gasteiger partial charge in [-0.25, -0.2) is 0 Å². The van der Waals surface area contributed by atoms with Crippen LogP contribution in [0, 0.1) is 17.3 Å². The van der Waals surface area contributed by atoms with Crippen LogP contribution in [-0.2, 0) is 4.79 Å². The van der Waals surface area contributed by atoms with Gasteiger partial charge in [-0.2, -0.15) is 0 Å². The fraction of sp³-hybridized carbons (Fsp3) is 0.500. The first-order valence-electron chi connectivity index (χ1n) is 5.79. The molecule has 0 radical (unpaired) electrons. The molecule has 0 N–H and O–H groups in total. The lowest BCUT2D eigenvalue weighted by Gasteiger charge is -2.02. The fourth-order valence-corrected chi connectivity index (χ4v) is 3.39. The Morgan fingerprint density at radius 3 is 2.56 bits per heavy atom. The third kappa shape index (κ3) is 2.32. The number of thioether (sulfide) groups is 1. The number of carbonyl (C=O) groups excluding carboxylic acids is 1. The number of hydrogen-bond donors (Lipinski definition) is 0. The Morgan fingerprint density at radius 2 is 2.00 bits per heavy atom.